The number of hydrogen-bond donors (Lipinski definition) is 0. The van der Waals surface area contributed by atoms with Crippen molar-refractivity contribution in [3.05, 3.63) is 89.7 Å². The summed E-state index contributed by atoms with van der Waals surface area (Å²) in [6.45, 7) is 8.47. The number of para-hydroxylation sites is 1. The Morgan fingerprint density at radius 3 is 2.44 bits per heavy atom. The number of benzene rings is 3. The molecule has 0 aromatic heterocycles. The summed E-state index contributed by atoms with van der Waals surface area (Å²) < 4.78 is 17.5. The van der Waals surface area contributed by atoms with Crippen molar-refractivity contribution in [2.75, 3.05) is 55.7 Å². The van der Waals surface area contributed by atoms with E-state index < -0.39 is 10.7 Å². The van der Waals surface area contributed by atoms with Crippen LogP contribution in [0, 0.1) is 12.7 Å². The standard InChI is InChI=1S/C31H34FN3O3S/c1-3-38-30(37)31(22-24-8-6-7-23(2)21-24)29(36)35(27-9-4-5-10-28(27)39-31)20-17-33-15-18-34(19-16-33)26-13-11-25(32)12-14-26/h4-14,21H,3,15-20,22H2,1-2H3. The van der Waals surface area contributed by atoms with Crippen molar-refractivity contribution in [2.45, 2.75) is 29.9 Å². The van der Waals surface area contributed by atoms with Crippen LogP contribution in [-0.4, -0.2) is 67.4 Å². The number of nitrogens with zero attached hydrogens (tertiary/aromatic N) is 3. The first kappa shape index (κ1) is 27.2. The third-order valence-corrected chi connectivity index (χ3v) is 8.77. The summed E-state index contributed by atoms with van der Waals surface area (Å²) in [5, 5.41) is 0. The predicted octanol–water partition coefficient (Wildman–Crippen LogP) is 4.94. The van der Waals surface area contributed by atoms with Gasteiger partial charge in [-0.25, -0.2) is 9.18 Å². The summed E-state index contributed by atoms with van der Waals surface area (Å²) in [5.74, 6) is -0.951. The summed E-state index contributed by atoms with van der Waals surface area (Å²) >= 11 is 1.31. The number of aryl methyl sites for hydroxylation is 1. The number of fused-ring (bicyclic) bond motifs is 1. The van der Waals surface area contributed by atoms with E-state index in [1.165, 1.54) is 23.9 Å². The van der Waals surface area contributed by atoms with Crippen LogP contribution in [-0.2, 0) is 20.7 Å². The number of halogens is 1. The van der Waals surface area contributed by atoms with E-state index in [9.17, 15) is 14.0 Å². The first-order chi connectivity index (χ1) is 18.9. The fourth-order valence-corrected chi connectivity index (χ4v) is 6.72. The molecule has 3 aromatic rings. The van der Waals surface area contributed by atoms with Gasteiger partial charge in [0.1, 0.15) is 5.82 Å². The lowest BCUT2D eigenvalue weighted by Crippen LogP contribution is -2.58. The average Bonchev–Trinajstić information content (AvgIpc) is 2.94. The zero-order chi connectivity index (χ0) is 27.4. The number of esters is 1. The van der Waals surface area contributed by atoms with E-state index >= 15 is 0 Å². The van der Waals surface area contributed by atoms with Crippen LogP contribution in [0.25, 0.3) is 0 Å². The second kappa shape index (κ2) is 11.8. The molecule has 2 aliphatic heterocycles. The van der Waals surface area contributed by atoms with Crippen LogP contribution in [0.15, 0.2) is 77.7 Å². The second-order valence-corrected chi connectivity index (χ2v) is 11.4. The molecule has 204 valence electrons. The fraction of sp³-hybridized carbons (Fsp3) is 0.355. The highest BCUT2D eigenvalue weighted by Crippen LogP contribution is 2.47. The third kappa shape index (κ3) is 5.82. The lowest BCUT2D eigenvalue weighted by Gasteiger charge is -2.42. The van der Waals surface area contributed by atoms with Gasteiger partial charge >= 0.3 is 5.97 Å². The molecule has 0 bridgehead atoms. The van der Waals surface area contributed by atoms with Crippen molar-refractivity contribution in [3.8, 4) is 0 Å². The molecule has 39 heavy (non-hydrogen) atoms. The summed E-state index contributed by atoms with van der Waals surface area (Å²) in [6, 6.07) is 22.4. The van der Waals surface area contributed by atoms with Crippen LogP contribution in [0.2, 0.25) is 0 Å². The molecule has 1 fully saturated rings. The van der Waals surface area contributed by atoms with Gasteiger partial charge in [-0.2, -0.15) is 0 Å². The Labute approximate surface area is 233 Å². The monoisotopic (exact) mass is 547 g/mol. The van der Waals surface area contributed by atoms with E-state index in [4.69, 9.17) is 4.74 Å². The summed E-state index contributed by atoms with van der Waals surface area (Å²) in [5.41, 5.74) is 3.86. The van der Waals surface area contributed by atoms with Gasteiger partial charge in [-0.05, 0) is 55.8 Å². The van der Waals surface area contributed by atoms with Crippen LogP contribution in [0.3, 0.4) is 0 Å². The first-order valence-electron chi connectivity index (χ1n) is 13.5. The lowest BCUT2D eigenvalue weighted by molar-refractivity contribution is -0.149. The molecule has 0 aliphatic carbocycles. The highest BCUT2D eigenvalue weighted by atomic mass is 32.2. The van der Waals surface area contributed by atoms with E-state index in [2.05, 4.69) is 9.80 Å². The van der Waals surface area contributed by atoms with Crippen LogP contribution in [0.4, 0.5) is 15.8 Å². The number of rotatable bonds is 8. The Hall–Kier alpha value is -3.36. The van der Waals surface area contributed by atoms with Gasteiger partial charge < -0.3 is 14.5 Å². The van der Waals surface area contributed by atoms with Gasteiger partial charge in [0.2, 0.25) is 4.75 Å². The predicted molar refractivity (Wildman–Crippen MR) is 154 cm³/mol. The summed E-state index contributed by atoms with van der Waals surface area (Å²) in [7, 11) is 0. The van der Waals surface area contributed by atoms with Gasteiger partial charge in [-0.1, -0.05) is 53.7 Å². The number of amides is 1. The van der Waals surface area contributed by atoms with Crippen molar-refractivity contribution in [1.29, 1.82) is 0 Å². The number of hydrogen-bond acceptors (Lipinski definition) is 6. The summed E-state index contributed by atoms with van der Waals surface area (Å²) in [4.78, 5) is 35.1. The topological polar surface area (TPSA) is 53.1 Å². The van der Waals surface area contributed by atoms with Crippen LogP contribution < -0.4 is 9.80 Å². The Morgan fingerprint density at radius 2 is 1.72 bits per heavy atom. The van der Waals surface area contributed by atoms with Gasteiger partial charge in [0.15, 0.2) is 0 Å². The number of thioether (sulfide) groups is 1. The van der Waals surface area contributed by atoms with E-state index in [1.54, 1.807) is 11.8 Å². The van der Waals surface area contributed by atoms with Crippen LogP contribution in [0.5, 0.6) is 0 Å². The number of anilines is 2. The molecule has 2 heterocycles. The first-order valence-corrected chi connectivity index (χ1v) is 14.3. The van der Waals surface area contributed by atoms with E-state index in [0.29, 0.717) is 13.1 Å². The van der Waals surface area contributed by atoms with Crippen LogP contribution in [0.1, 0.15) is 18.1 Å². The Morgan fingerprint density at radius 1 is 0.974 bits per heavy atom. The summed E-state index contributed by atoms with van der Waals surface area (Å²) in [6.07, 6.45) is 0.262. The van der Waals surface area contributed by atoms with Crippen molar-refractivity contribution in [2.24, 2.45) is 0 Å². The number of carbonyl (C=O) groups excluding carboxylic acids is 2. The van der Waals surface area contributed by atoms with E-state index in [0.717, 1.165) is 53.6 Å². The Balaban J connectivity index is 1.36. The molecule has 0 N–H and O–H groups in total. The van der Waals surface area contributed by atoms with Gasteiger partial charge in [-0.3, -0.25) is 9.69 Å². The zero-order valence-corrected chi connectivity index (χ0v) is 23.3. The molecule has 5 rings (SSSR count). The smallest absolute Gasteiger partial charge is 0.332 e. The van der Waals surface area contributed by atoms with E-state index in [1.807, 2.05) is 67.6 Å². The molecule has 1 saturated heterocycles. The quantitative estimate of drug-likeness (QED) is 0.294. The second-order valence-electron chi connectivity index (χ2n) is 10.0. The fourth-order valence-electron chi connectivity index (χ4n) is 5.34. The molecular formula is C31H34FN3O3S. The van der Waals surface area contributed by atoms with Gasteiger partial charge in [0.25, 0.3) is 5.91 Å². The molecule has 1 atom stereocenters. The van der Waals surface area contributed by atoms with Crippen molar-refractivity contribution >= 4 is 35.0 Å². The minimum atomic E-state index is -1.39. The Bertz CT molecular complexity index is 1330. The van der Waals surface area contributed by atoms with Gasteiger partial charge in [-0.15, -0.1) is 0 Å². The molecule has 2 aliphatic rings. The maximum atomic E-state index is 14.3. The molecule has 0 saturated carbocycles. The van der Waals surface area contributed by atoms with Crippen molar-refractivity contribution in [3.63, 3.8) is 0 Å². The molecule has 3 aromatic carbocycles. The van der Waals surface area contributed by atoms with Crippen molar-refractivity contribution in [1.82, 2.24) is 4.90 Å². The molecule has 6 nitrogen and oxygen atoms in total. The molecule has 0 spiro atoms. The van der Waals surface area contributed by atoms with E-state index in [-0.39, 0.29) is 24.8 Å². The molecular weight excluding hydrogens is 513 g/mol. The highest BCUT2D eigenvalue weighted by Gasteiger charge is 2.54. The minimum absolute atomic E-state index is 0.211. The SMILES string of the molecule is CCOC(=O)C1(Cc2cccc(C)c2)Sc2ccccc2N(CCN2CCN(c3ccc(F)cc3)CC2)C1=O. The zero-order valence-electron chi connectivity index (χ0n) is 22.4. The number of ether oxygens (including phenoxy) is 1. The molecule has 1 unspecified atom stereocenters. The maximum Gasteiger partial charge on any atom is 0.332 e. The molecule has 0 radical (unpaired) electrons. The molecule has 1 amide bonds. The lowest BCUT2D eigenvalue weighted by atomic mass is 9.95. The molecule has 8 heteroatoms. The maximum absolute atomic E-state index is 14.3. The third-order valence-electron chi connectivity index (χ3n) is 7.38. The highest BCUT2D eigenvalue weighted by molar-refractivity contribution is 8.02. The minimum Gasteiger partial charge on any atom is -0.465 e. The largest absolute Gasteiger partial charge is 0.465 e. The average molecular weight is 548 g/mol. The van der Waals surface area contributed by atoms with Crippen LogP contribution >= 0.6 is 11.8 Å². The number of piperazine rings is 1. The van der Waals surface area contributed by atoms with Gasteiger partial charge in [0.05, 0.1) is 12.3 Å². The normalized spacial score (nSPS) is 19.6. The number of carbonyl (C=O) groups is 2. The van der Waals surface area contributed by atoms with Crippen molar-refractivity contribution < 1.29 is 18.7 Å². The Kier molecular flexibility index (Phi) is 8.23. The van der Waals surface area contributed by atoms with Gasteiger partial charge in [0, 0.05) is 56.3 Å².